The predicted octanol–water partition coefficient (Wildman–Crippen LogP) is 3.55. The summed E-state index contributed by atoms with van der Waals surface area (Å²) in [5, 5.41) is 41.4. The van der Waals surface area contributed by atoms with Gasteiger partial charge in [0.25, 0.3) is 11.4 Å². The molecule has 0 amide bonds. The van der Waals surface area contributed by atoms with Gasteiger partial charge in [-0.15, -0.1) is 0 Å². The smallest absolute Gasteiger partial charge is 0.324 e. The molecule has 0 spiro atoms. The lowest BCUT2D eigenvalue weighted by molar-refractivity contribution is -0.404. The SMILES string of the molecule is O=[N+]([O-])c1cc([N+](=O)[O-])c(O)c([N+](=O)[O-])c1.c1ccc2occc2c1. The monoisotopic (exact) mass is 347 g/mol. The molecule has 0 radical (unpaired) electrons. The minimum Gasteiger partial charge on any atom is -0.497 e. The van der Waals surface area contributed by atoms with Gasteiger partial charge in [-0.1, -0.05) is 18.2 Å². The lowest BCUT2D eigenvalue weighted by atomic mass is 10.2. The topological polar surface area (TPSA) is 163 Å². The third kappa shape index (κ3) is 3.85. The number of phenolic OH excluding ortho intramolecular Hbond substituents is 1. The van der Waals surface area contributed by atoms with Gasteiger partial charge >= 0.3 is 11.4 Å². The summed E-state index contributed by atoms with van der Waals surface area (Å²) in [7, 11) is 0. The molecule has 1 N–H and O–H groups in total. The molecule has 1 aromatic heterocycles. The number of rotatable bonds is 3. The van der Waals surface area contributed by atoms with E-state index in [-0.39, 0.29) is 0 Å². The number of nitro groups is 3. The molecule has 0 aliphatic carbocycles. The van der Waals surface area contributed by atoms with E-state index in [0.717, 1.165) is 11.0 Å². The first-order valence-electron chi connectivity index (χ1n) is 6.53. The molecule has 11 nitrogen and oxygen atoms in total. The highest BCUT2D eigenvalue weighted by Gasteiger charge is 2.30. The molecule has 0 aliphatic rings. The molecule has 0 saturated carbocycles. The van der Waals surface area contributed by atoms with Crippen molar-refractivity contribution >= 4 is 28.0 Å². The molecule has 0 unspecified atom stereocenters. The van der Waals surface area contributed by atoms with Crippen LogP contribution in [-0.4, -0.2) is 19.9 Å². The number of non-ortho nitro benzene ring substituents is 1. The maximum Gasteiger partial charge on any atom is 0.324 e. The second kappa shape index (κ2) is 7.04. The van der Waals surface area contributed by atoms with Gasteiger partial charge in [0.1, 0.15) is 5.58 Å². The third-order valence-electron chi connectivity index (χ3n) is 3.02. The van der Waals surface area contributed by atoms with Gasteiger partial charge < -0.3 is 9.52 Å². The summed E-state index contributed by atoms with van der Waals surface area (Å²) in [6, 6.07) is 10.8. The summed E-state index contributed by atoms with van der Waals surface area (Å²) in [5.74, 6) is -1.21. The number of furan rings is 1. The molecule has 0 saturated heterocycles. The molecular weight excluding hydrogens is 338 g/mol. The number of nitro benzene ring substituents is 3. The summed E-state index contributed by atoms with van der Waals surface area (Å²) in [6.45, 7) is 0. The van der Waals surface area contributed by atoms with Crippen molar-refractivity contribution < 1.29 is 24.3 Å². The van der Waals surface area contributed by atoms with E-state index in [2.05, 4.69) is 0 Å². The van der Waals surface area contributed by atoms with E-state index >= 15 is 0 Å². The molecule has 0 atom stereocenters. The van der Waals surface area contributed by atoms with E-state index in [1.807, 2.05) is 30.3 Å². The molecule has 0 bridgehead atoms. The number of aromatic hydroxyl groups is 1. The number of hydrogen-bond acceptors (Lipinski definition) is 8. The van der Waals surface area contributed by atoms with Crippen LogP contribution in [0.25, 0.3) is 11.0 Å². The Morgan fingerprint density at radius 1 is 0.840 bits per heavy atom. The second-order valence-corrected chi connectivity index (χ2v) is 4.56. The van der Waals surface area contributed by atoms with Crippen LogP contribution in [0.1, 0.15) is 0 Å². The number of hydrogen-bond donors (Lipinski definition) is 1. The van der Waals surface area contributed by atoms with E-state index in [1.54, 1.807) is 6.26 Å². The molecule has 25 heavy (non-hydrogen) atoms. The first kappa shape index (κ1) is 17.3. The number of fused-ring (bicyclic) bond motifs is 1. The Morgan fingerprint density at radius 2 is 1.40 bits per heavy atom. The van der Waals surface area contributed by atoms with Crippen molar-refractivity contribution in [1.82, 2.24) is 0 Å². The van der Waals surface area contributed by atoms with Gasteiger partial charge in [-0.25, -0.2) is 0 Å². The van der Waals surface area contributed by atoms with Gasteiger partial charge in [0.2, 0.25) is 0 Å². The van der Waals surface area contributed by atoms with Crippen LogP contribution in [0.3, 0.4) is 0 Å². The normalized spacial score (nSPS) is 9.92. The lowest BCUT2D eigenvalue weighted by Gasteiger charge is -1.97. The second-order valence-electron chi connectivity index (χ2n) is 4.56. The van der Waals surface area contributed by atoms with Crippen molar-refractivity contribution in [3.05, 3.63) is 79.1 Å². The first-order chi connectivity index (χ1) is 11.8. The van der Waals surface area contributed by atoms with Crippen LogP contribution in [0.5, 0.6) is 5.75 Å². The van der Waals surface area contributed by atoms with Crippen molar-refractivity contribution in [3.8, 4) is 5.75 Å². The Hall–Kier alpha value is -4.02. The van der Waals surface area contributed by atoms with Crippen LogP contribution in [0, 0.1) is 30.3 Å². The molecule has 0 fully saturated rings. The molecule has 1 heterocycles. The van der Waals surface area contributed by atoms with Crippen LogP contribution in [0.15, 0.2) is 53.1 Å². The van der Waals surface area contributed by atoms with E-state index in [0.29, 0.717) is 12.1 Å². The zero-order valence-electron chi connectivity index (χ0n) is 12.3. The zero-order chi connectivity index (χ0) is 18.6. The molecule has 11 heteroatoms. The van der Waals surface area contributed by atoms with Crippen molar-refractivity contribution in [2.24, 2.45) is 0 Å². The Morgan fingerprint density at radius 3 is 1.88 bits per heavy atom. The molecule has 3 rings (SSSR count). The number of benzene rings is 2. The Labute approximate surface area is 138 Å². The lowest BCUT2D eigenvalue weighted by Crippen LogP contribution is -1.97. The highest BCUT2D eigenvalue weighted by Crippen LogP contribution is 2.38. The third-order valence-corrected chi connectivity index (χ3v) is 3.02. The largest absolute Gasteiger partial charge is 0.497 e. The van der Waals surface area contributed by atoms with Gasteiger partial charge in [0, 0.05) is 5.39 Å². The average Bonchev–Trinajstić information content (AvgIpc) is 3.03. The fourth-order valence-electron chi connectivity index (χ4n) is 1.88. The molecule has 128 valence electrons. The van der Waals surface area contributed by atoms with Crippen molar-refractivity contribution in [3.63, 3.8) is 0 Å². The van der Waals surface area contributed by atoms with Crippen LogP contribution in [0.2, 0.25) is 0 Å². The Balaban J connectivity index is 0.000000208. The predicted molar refractivity (Wildman–Crippen MR) is 84.3 cm³/mol. The average molecular weight is 347 g/mol. The van der Waals surface area contributed by atoms with Gasteiger partial charge in [-0.2, -0.15) is 0 Å². The quantitative estimate of drug-likeness (QED) is 0.555. The molecular formula is C14H9N3O8. The van der Waals surface area contributed by atoms with Gasteiger partial charge in [0.05, 0.1) is 33.2 Å². The summed E-state index contributed by atoms with van der Waals surface area (Å²) in [5.41, 5.74) is -2.05. The maximum atomic E-state index is 10.4. The summed E-state index contributed by atoms with van der Waals surface area (Å²) < 4.78 is 5.12. The van der Waals surface area contributed by atoms with Crippen molar-refractivity contribution in [2.75, 3.05) is 0 Å². The highest BCUT2D eigenvalue weighted by molar-refractivity contribution is 5.76. The molecule has 3 aromatic rings. The molecule has 2 aromatic carbocycles. The minimum atomic E-state index is -1.21. The Kier molecular flexibility index (Phi) is 4.88. The van der Waals surface area contributed by atoms with Crippen LogP contribution < -0.4 is 0 Å². The number of para-hydroxylation sites is 1. The zero-order valence-corrected chi connectivity index (χ0v) is 12.3. The van der Waals surface area contributed by atoms with Gasteiger partial charge in [0.15, 0.2) is 0 Å². The van der Waals surface area contributed by atoms with E-state index < -0.39 is 37.6 Å². The highest BCUT2D eigenvalue weighted by atomic mass is 16.6. The Bertz CT molecular complexity index is 900. The fourth-order valence-corrected chi connectivity index (χ4v) is 1.88. The maximum absolute atomic E-state index is 10.4. The minimum absolute atomic E-state index is 0.447. The van der Waals surface area contributed by atoms with Crippen LogP contribution >= 0.6 is 0 Å². The summed E-state index contributed by atoms with van der Waals surface area (Å²) in [4.78, 5) is 27.8. The van der Waals surface area contributed by atoms with E-state index in [4.69, 9.17) is 9.52 Å². The van der Waals surface area contributed by atoms with E-state index in [9.17, 15) is 30.3 Å². The van der Waals surface area contributed by atoms with Crippen LogP contribution in [-0.2, 0) is 0 Å². The van der Waals surface area contributed by atoms with E-state index in [1.165, 1.54) is 0 Å². The standard InChI is InChI=1S/C8H6O.C6H3N3O7/c1-2-4-8-7(3-1)5-6-9-8;10-6-4(8(13)14)1-3(7(11)12)2-5(6)9(15)16/h1-6H;1-2,10H. The summed E-state index contributed by atoms with van der Waals surface area (Å²) in [6.07, 6.45) is 1.70. The first-order valence-corrected chi connectivity index (χ1v) is 6.53. The van der Waals surface area contributed by atoms with Crippen LogP contribution in [0.4, 0.5) is 17.1 Å². The van der Waals surface area contributed by atoms with Gasteiger partial charge in [-0.3, -0.25) is 30.3 Å². The van der Waals surface area contributed by atoms with Crippen molar-refractivity contribution in [1.29, 1.82) is 0 Å². The van der Waals surface area contributed by atoms with Gasteiger partial charge in [-0.05, 0) is 12.1 Å². The molecule has 0 aliphatic heterocycles. The summed E-state index contributed by atoms with van der Waals surface area (Å²) >= 11 is 0. The van der Waals surface area contributed by atoms with Crippen molar-refractivity contribution in [2.45, 2.75) is 0 Å². The number of nitrogens with zero attached hydrogens (tertiary/aromatic N) is 3. The fraction of sp³-hybridized carbons (Fsp3) is 0. The number of phenols is 1.